The fourth-order valence-corrected chi connectivity index (χ4v) is 3.22. The van der Waals surface area contributed by atoms with Gasteiger partial charge in [0.15, 0.2) is 0 Å². The third-order valence-corrected chi connectivity index (χ3v) is 4.88. The predicted octanol–water partition coefficient (Wildman–Crippen LogP) is 2.35. The van der Waals surface area contributed by atoms with Crippen LogP contribution in [-0.2, 0) is 4.79 Å². The van der Waals surface area contributed by atoms with Gasteiger partial charge in [-0.1, -0.05) is 13.8 Å². The van der Waals surface area contributed by atoms with E-state index in [1.807, 2.05) is 39.3 Å². The van der Waals surface area contributed by atoms with Crippen molar-refractivity contribution >= 4 is 11.9 Å². The topological polar surface area (TPSA) is 75.4 Å². The molecule has 0 radical (unpaired) electrons. The maximum atomic E-state index is 12.7. The minimum absolute atomic E-state index is 0.0118. The van der Waals surface area contributed by atoms with Crippen LogP contribution in [0.1, 0.15) is 56.2 Å². The largest absolute Gasteiger partial charge is 0.481 e. The molecule has 1 aromatic heterocycles. The van der Waals surface area contributed by atoms with Crippen molar-refractivity contribution in [3.05, 3.63) is 17.5 Å². The summed E-state index contributed by atoms with van der Waals surface area (Å²) in [5, 5.41) is 13.8. The number of aromatic nitrogens is 2. The number of aliphatic carboxylic acids is 1. The quantitative estimate of drug-likeness (QED) is 0.926. The van der Waals surface area contributed by atoms with Crippen LogP contribution in [-0.4, -0.2) is 44.8 Å². The van der Waals surface area contributed by atoms with Gasteiger partial charge in [0.2, 0.25) is 0 Å². The van der Waals surface area contributed by atoms with Crippen LogP contribution in [0.5, 0.6) is 0 Å². The van der Waals surface area contributed by atoms with E-state index in [0.717, 1.165) is 5.69 Å². The Morgan fingerprint density at radius 2 is 1.95 bits per heavy atom. The first kappa shape index (κ1) is 16.5. The summed E-state index contributed by atoms with van der Waals surface area (Å²) in [5.74, 6) is -0.942. The number of amides is 1. The zero-order valence-corrected chi connectivity index (χ0v) is 14.0. The molecule has 1 aliphatic heterocycles. The summed E-state index contributed by atoms with van der Waals surface area (Å²) in [6, 6.07) is 0.189. The Hall–Kier alpha value is -1.85. The minimum Gasteiger partial charge on any atom is -0.481 e. The highest BCUT2D eigenvalue weighted by Gasteiger charge is 2.48. The molecule has 1 atom stereocenters. The highest BCUT2D eigenvalue weighted by molar-refractivity contribution is 5.96. The summed E-state index contributed by atoms with van der Waals surface area (Å²) < 4.78 is 1.82. The second-order valence-corrected chi connectivity index (χ2v) is 6.77. The van der Waals surface area contributed by atoms with Gasteiger partial charge in [-0.3, -0.25) is 14.3 Å². The number of hydrogen-bond acceptors (Lipinski definition) is 3. The lowest BCUT2D eigenvalue weighted by Crippen LogP contribution is -2.40. The van der Waals surface area contributed by atoms with Crippen LogP contribution >= 0.6 is 0 Å². The summed E-state index contributed by atoms with van der Waals surface area (Å²) in [5.41, 5.74) is 0.563. The van der Waals surface area contributed by atoms with Crippen molar-refractivity contribution in [2.75, 3.05) is 13.1 Å². The van der Waals surface area contributed by atoms with Gasteiger partial charge in [0, 0.05) is 24.8 Å². The highest BCUT2D eigenvalue weighted by atomic mass is 16.4. The van der Waals surface area contributed by atoms with Crippen LogP contribution in [0.25, 0.3) is 0 Å². The SMILES string of the molecule is Cc1c(C(=O)N2CCC(C(=O)O)(C(C)C)C2)cnn1C(C)C. The molecule has 1 amide bonds. The molecule has 1 unspecified atom stereocenters. The van der Waals surface area contributed by atoms with Gasteiger partial charge in [-0.05, 0) is 33.1 Å². The molecule has 0 spiro atoms. The van der Waals surface area contributed by atoms with Crippen molar-refractivity contribution in [1.82, 2.24) is 14.7 Å². The van der Waals surface area contributed by atoms with E-state index in [9.17, 15) is 14.7 Å². The smallest absolute Gasteiger partial charge is 0.311 e. The molecular weight excluding hydrogens is 282 g/mol. The van der Waals surface area contributed by atoms with Crippen molar-refractivity contribution in [1.29, 1.82) is 0 Å². The van der Waals surface area contributed by atoms with Crippen LogP contribution in [0.3, 0.4) is 0 Å². The van der Waals surface area contributed by atoms with Crippen molar-refractivity contribution in [2.45, 2.75) is 47.1 Å². The molecule has 1 aliphatic rings. The lowest BCUT2D eigenvalue weighted by atomic mass is 9.76. The standard InChI is InChI=1S/C16H25N3O3/c1-10(2)16(15(21)22)6-7-18(9-16)14(20)13-8-17-19(11(3)4)12(13)5/h8,10-11H,6-7,9H2,1-5H3,(H,21,22). The lowest BCUT2D eigenvalue weighted by Gasteiger charge is -2.28. The number of carboxylic acids is 1. The molecule has 22 heavy (non-hydrogen) atoms. The number of likely N-dealkylation sites (tertiary alicyclic amines) is 1. The van der Waals surface area contributed by atoms with Crippen molar-refractivity contribution in [2.24, 2.45) is 11.3 Å². The lowest BCUT2D eigenvalue weighted by molar-refractivity contribution is -0.150. The van der Waals surface area contributed by atoms with Gasteiger partial charge in [0.1, 0.15) is 0 Å². The minimum atomic E-state index is -0.836. The molecule has 6 nitrogen and oxygen atoms in total. The molecule has 0 aliphatic carbocycles. The molecule has 6 heteroatoms. The number of nitrogens with zero attached hydrogens (tertiary/aromatic N) is 3. The Balaban J connectivity index is 2.24. The molecule has 122 valence electrons. The van der Waals surface area contributed by atoms with Gasteiger partial charge in [0.25, 0.3) is 5.91 Å². The van der Waals surface area contributed by atoms with E-state index in [2.05, 4.69) is 5.10 Å². The zero-order valence-electron chi connectivity index (χ0n) is 14.0. The van der Waals surface area contributed by atoms with Gasteiger partial charge in [0.05, 0.1) is 17.2 Å². The molecule has 0 aromatic carbocycles. The maximum Gasteiger partial charge on any atom is 0.311 e. The second-order valence-electron chi connectivity index (χ2n) is 6.77. The van der Waals surface area contributed by atoms with Crippen LogP contribution in [0.15, 0.2) is 6.20 Å². The van der Waals surface area contributed by atoms with Crippen molar-refractivity contribution in [3.63, 3.8) is 0 Å². The summed E-state index contributed by atoms with van der Waals surface area (Å²) >= 11 is 0. The number of hydrogen-bond donors (Lipinski definition) is 1. The zero-order chi connectivity index (χ0) is 16.7. The average molecular weight is 307 g/mol. The van der Waals surface area contributed by atoms with Gasteiger partial charge in [-0.2, -0.15) is 5.10 Å². The van der Waals surface area contributed by atoms with Gasteiger partial charge >= 0.3 is 5.97 Å². The van der Waals surface area contributed by atoms with Crippen molar-refractivity contribution < 1.29 is 14.7 Å². The van der Waals surface area contributed by atoms with Crippen LogP contribution < -0.4 is 0 Å². The third-order valence-electron chi connectivity index (χ3n) is 4.88. The fraction of sp³-hybridized carbons (Fsp3) is 0.688. The monoisotopic (exact) mass is 307 g/mol. The van der Waals surface area contributed by atoms with E-state index in [1.54, 1.807) is 11.1 Å². The Morgan fingerprint density at radius 3 is 2.36 bits per heavy atom. The first-order valence-corrected chi connectivity index (χ1v) is 7.77. The van der Waals surface area contributed by atoms with Crippen LogP contribution in [0.2, 0.25) is 0 Å². The van der Waals surface area contributed by atoms with E-state index in [1.165, 1.54) is 0 Å². The van der Waals surface area contributed by atoms with E-state index in [-0.39, 0.29) is 24.4 Å². The Labute approximate surface area is 131 Å². The molecule has 1 saturated heterocycles. The first-order valence-electron chi connectivity index (χ1n) is 7.77. The number of carboxylic acid groups (broad SMARTS) is 1. The van der Waals surface area contributed by atoms with Gasteiger partial charge < -0.3 is 10.0 Å². The number of rotatable bonds is 4. The highest BCUT2D eigenvalue weighted by Crippen LogP contribution is 2.38. The van der Waals surface area contributed by atoms with E-state index >= 15 is 0 Å². The van der Waals surface area contributed by atoms with E-state index in [0.29, 0.717) is 18.5 Å². The molecule has 2 heterocycles. The van der Waals surface area contributed by atoms with Gasteiger partial charge in [-0.25, -0.2) is 0 Å². The fourth-order valence-electron chi connectivity index (χ4n) is 3.22. The van der Waals surface area contributed by atoms with Crippen LogP contribution in [0, 0.1) is 18.3 Å². The molecule has 1 fully saturated rings. The van der Waals surface area contributed by atoms with E-state index < -0.39 is 11.4 Å². The Morgan fingerprint density at radius 1 is 1.32 bits per heavy atom. The molecule has 0 bridgehead atoms. The Kier molecular flexibility index (Phi) is 4.31. The predicted molar refractivity (Wildman–Crippen MR) is 82.8 cm³/mol. The number of carbonyl (C=O) groups is 2. The van der Waals surface area contributed by atoms with Gasteiger partial charge in [-0.15, -0.1) is 0 Å². The third kappa shape index (κ3) is 2.51. The second kappa shape index (κ2) is 5.74. The Bertz CT molecular complexity index is 591. The number of carbonyl (C=O) groups excluding carboxylic acids is 1. The maximum absolute atomic E-state index is 12.7. The normalized spacial score (nSPS) is 21.9. The summed E-state index contributed by atoms with van der Waals surface area (Å²) in [4.78, 5) is 26.0. The summed E-state index contributed by atoms with van der Waals surface area (Å²) in [6.45, 7) is 10.5. The molecule has 2 rings (SSSR count). The average Bonchev–Trinajstić information content (AvgIpc) is 3.02. The van der Waals surface area contributed by atoms with E-state index in [4.69, 9.17) is 0 Å². The summed E-state index contributed by atoms with van der Waals surface area (Å²) in [7, 11) is 0. The first-order chi connectivity index (χ1) is 10.2. The molecule has 0 saturated carbocycles. The molecular formula is C16H25N3O3. The van der Waals surface area contributed by atoms with Crippen LogP contribution in [0.4, 0.5) is 0 Å². The van der Waals surface area contributed by atoms with Crippen molar-refractivity contribution in [3.8, 4) is 0 Å². The molecule has 1 N–H and O–H groups in total. The molecule has 1 aromatic rings. The summed E-state index contributed by atoms with van der Waals surface area (Å²) in [6.07, 6.45) is 2.09.